The van der Waals surface area contributed by atoms with Gasteiger partial charge in [0.2, 0.25) is 5.91 Å². The number of hydrogen-bond donors (Lipinski definition) is 5. The van der Waals surface area contributed by atoms with E-state index in [1.807, 2.05) is 0 Å². The number of carbonyl (C=O) groups excluding carboxylic acids is 3. The molecule has 4 amide bonds. The molecule has 0 saturated carbocycles. The molecule has 2 aliphatic heterocycles. The van der Waals surface area contributed by atoms with Crippen molar-refractivity contribution < 1.29 is 24.3 Å². The van der Waals surface area contributed by atoms with Crippen LogP contribution in [0, 0.1) is 0 Å². The molecule has 7 N–H and O–H groups in total. The molecule has 3 atom stereocenters. The van der Waals surface area contributed by atoms with Crippen LogP contribution in [-0.2, 0) is 14.4 Å². The van der Waals surface area contributed by atoms with Gasteiger partial charge in [0.1, 0.15) is 23.2 Å². The number of nitrogens with two attached hydrogens (primary N) is 2. The number of nitrogens with zero attached hydrogens (tertiary/aromatic N) is 1. The summed E-state index contributed by atoms with van der Waals surface area (Å²) >= 11 is 1.39. The molecule has 0 aliphatic carbocycles. The molecule has 2 unspecified atom stereocenters. The van der Waals surface area contributed by atoms with E-state index >= 15 is 0 Å². The number of fused-ring (bicyclic) bond motifs is 1. The number of carboxylic acids is 1. The number of urea groups is 1. The zero-order valence-electron chi connectivity index (χ0n) is 14.8. The van der Waals surface area contributed by atoms with Gasteiger partial charge in [-0.25, -0.2) is 9.59 Å². The quantitative estimate of drug-likeness (QED) is 0.427. The minimum atomic E-state index is -1.16. The molecule has 0 radical (unpaired) electrons. The van der Waals surface area contributed by atoms with Crippen LogP contribution >= 0.6 is 11.8 Å². The summed E-state index contributed by atoms with van der Waals surface area (Å²) in [6, 6.07) is 3.65. The van der Waals surface area contributed by atoms with Crippen LogP contribution < -0.4 is 22.1 Å². The van der Waals surface area contributed by atoms with E-state index in [0.29, 0.717) is 22.6 Å². The van der Waals surface area contributed by atoms with Gasteiger partial charge in [-0.2, -0.15) is 0 Å². The Labute approximate surface area is 164 Å². The molecule has 2 aliphatic rings. The fraction of sp³-hybridized carbons (Fsp3) is 0.294. The number of benzene rings is 1. The lowest BCUT2D eigenvalue weighted by Crippen LogP contribution is -2.71. The number of carbonyl (C=O) groups is 4. The van der Waals surface area contributed by atoms with Crippen LogP contribution in [0.4, 0.5) is 10.5 Å². The molecular formula is C17H19N5O5S. The molecule has 0 bridgehead atoms. The Hall–Kier alpha value is -3.05. The minimum Gasteiger partial charge on any atom is -0.477 e. The number of hydrogen-bond acceptors (Lipinski definition) is 6. The average molecular weight is 405 g/mol. The van der Waals surface area contributed by atoms with E-state index in [-0.39, 0.29) is 5.70 Å². The predicted octanol–water partition coefficient (Wildman–Crippen LogP) is -0.0645. The summed E-state index contributed by atoms with van der Waals surface area (Å²) in [7, 11) is 0. The Morgan fingerprint density at radius 3 is 2.50 bits per heavy atom. The first kappa shape index (κ1) is 19.7. The summed E-state index contributed by atoms with van der Waals surface area (Å²) in [6.07, 6.45) is 0. The number of primary amides is 1. The van der Waals surface area contributed by atoms with Gasteiger partial charge in [0, 0.05) is 11.4 Å². The number of anilines is 1. The first-order valence-corrected chi connectivity index (χ1v) is 9.35. The summed E-state index contributed by atoms with van der Waals surface area (Å²) in [6.45, 7) is 1.67. The van der Waals surface area contributed by atoms with Crippen LogP contribution in [0.3, 0.4) is 0 Å². The Morgan fingerprint density at radius 1 is 1.29 bits per heavy atom. The average Bonchev–Trinajstić information content (AvgIpc) is 2.65. The van der Waals surface area contributed by atoms with Gasteiger partial charge in [0.15, 0.2) is 0 Å². The van der Waals surface area contributed by atoms with Crippen LogP contribution in [0.5, 0.6) is 0 Å². The lowest BCUT2D eigenvalue weighted by molar-refractivity contribution is -0.150. The molecule has 1 saturated heterocycles. The SMILES string of the molecule is CC1=C(C(=O)O)N2C(=O)C(NC(=O)C(N)c3ccc(NC(N)=O)cc3)[C@H]2SC1. The number of amides is 4. The summed E-state index contributed by atoms with van der Waals surface area (Å²) in [4.78, 5) is 48.3. The highest BCUT2D eigenvalue weighted by atomic mass is 32.2. The number of carboxylic acid groups (broad SMARTS) is 1. The Kier molecular flexibility index (Phi) is 5.29. The normalized spacial score (nSPS) is 22.1. The topological polar surface area (TPSA) is 168 Å². The van der Waals surface area contributed by atoms with Crippen molar-refractivity contribution in [2.45, 2.75) is 24.4 Å². The van der Waals surface area contributed by atoms with Gasteiger partial charge in [0.05, 0.1) is 0 Å². The molecule has 148 valence electrons. The van der Waals surface area contributed by atoms with Crippen LogP contribution in [-0.4, -0.2) is 51.0 Å². The molecule has 3 rings (SSSR count). The molecule has 1 fully saturated rings. The number of nitrogens with one attached hydrogen (secondary N) is 2. The van der Waals surface area contributed by atoms with E-state index < -0.39 is 41.3 Å². The van der Waals surface area contributed by atoms with Crippen molar-refractivity contribution >= 4 is 41.3 Å². The molecule has 1 aromatic carbocycles. The summed E-state index contributed by atoms with van der Waals surface area (Å²) < 4.78 is 0. The van der Waals surface area contributed by atoms with Crippen molar-refractivity contribution in [1.29, 1.82) is 0 Å². The van der Waals surface area contributed by atoms with Crippen LogP contribution in [0.1, 0.15) is 18.5 Å². The maximum atomic E-state index is 12.5. The van der Waals surface area contributed by atoms with Gasteiger partial charge in [-0.05, 0) is 30.2 Å². The Morgan fingerprint density at radius 2 is 1.93 bits per heavy atom. The zero-order valence-corrected chi connectivity index (χ0v) is 15.7. The molecule has 1 aromatic rings. The van der Waals surface area contributed by atoms with Crippen molar-refractivity contribution in [2.75, 3.05) is 11.1 Å². The number of rotatable bonds is 5. The first-order chi connectivity index (χ1) is 13.2. The van der Waals surface area contributed by atoms with Gasteiger partial charge in [-0.15, -0.1) is 11.8 Å². The number of thioether (sulfide) groups is 1. The van der Waals surface area contributed by atoms with Crippen molar-refractivity contribution in [1.82, 2.24) is 10.2 Å². The molecular weight excluding hydrogens is 386 g/mol. The molecule has 0 spiro atoms. The van der Waals surface area contributed by atoms with E-state index in [9.17, 15) is 24.3 Å². The van der Waals surface area contributed by atoms with Crippen molar-refractivity contribution in [3.63, 3.8) is 0 Å². The first-order valence-electron chi connectivity index (χ1n) is 8.30. The second kappa shape index (κ2) is 7.52. The number of β-lactam (4-membered cyclic amide) rings is 1. The molecule has 28 heavy (non-hydrogen) atoms. The maximum Gasteiger partial charge on any atom is 0.352 e. The van der Waals surface area contributed by atoms with Crippen LogP contribution in [0.2, 0.25) is 0 Å². The zero-order chi connectivity index (χ0) is 20.6. The summed E-state index contributed by atoms with van der Waals surface area (Å²) in [5, 5.41) is 13.9. The minimum absolute atomic E-state index is 0.0268. The van der Waals surface area contributed by atoms with Crippen molar-refractivity contribution in [3.8, 4) is 0 Å². The van der Waals surface area contributed by atoms with Crippen LogP contribution in [0.15, 0.2) is 35.5 Å². The second-order valence-electron chi connectivity index (χ2n) is 6.42. The lowest BCUT2D eigenvalue weighted by atomic mass is 10.0. The molecule has 2 heterocycles. The molecule has 10 nitrogen and oxygen atoms in total. The Balaban J connectivity index is 1.66. The van der Waals surface area contributed by atoms with E-state index in [4.69, 9.17) is 11.5 Å². The van der Waals surface area contributed by atoms with E-state index in [2.05, 4.69) is 10.6 Å². The standard InChI is InChI=1S/C17H19N5O5S/c1-7-6-28-15-11(14(24)22(15)12(7)16(25)26)21-13(23)10(18)8-2-4-9(5-3-8)20-17(19)27/h2-5,10-11,15H,6,18H2,1H3,(H,21,23)(H,25,26)(H3,19,20,27)/t10?,11?,15-/m1/s1. The lowest BCUT2D eigenvalue weighted by Gasteiger charge is -2.49. The number of aliphatic carboxylic acids is 1. The van der Waals surface area contributed by atoms with Gasteiger partial charge < -0.3 is 27.2 Å². The van der Waals surface area contributed by atoms with Crippen LogP contribution in [0.25, 0.3) is 0 Å². The summed E-state index contributed by atoms with van der Waals surface area (Å²) in [5.41, 5.74) is 12.5. The third-order valence-electron chi connectivity index (χ3n) is 4.48. The van der Waals surface area contributed by atoms with E-state index in [0.717, 1.165) is 0 Å². The maximum absolute atomic E-state index is 12.5. The largest absolute Gasteiger partial charge is 0.477 e. The van der Waals surface area contributed by atoms with Gasteiger partial charge in [0.25, 0.3) is 5.91 Å². The fourth-order valence-corrected chi connectivity index (χ4v) is 4.38. The predicted molar refractivity (Wildman–Crippen MR) is 102 cm³/mol. The molecule has 0 aromatic heterocycles. The highest BCUT2D eigenvalue weighted by Gasteiger charge is 2.53. The third kappa shape index (κ3) is 3.53. The van der Waals surface area contributed by atoms with E-state index in [1.54, 1.807) is 31.2 Å². The highest BCUT2D eigenvalue weighted by Crippen LogP contribution is 2.40. The Bertz CT molecular complexity index is 884. The highest BCUT2D eigenvalue weighted by molar-refractivity contribution is 8.00. The smallest absolute Gasteiger partial charge is 0.352 e. The van der Waals surface area contributed by atoms with E-state index in [1.165, 1.54) is 16.7 Å². The third-order valence-corrected chi connectivity index (χ3v) is 5.90. The summed E-state index contributed by atoms with van der Waals surface area (Å²) in [5.74, 6) is -1.74. The fourth-order valence-electron chi connectivity index (χ4n) is 3.09. The molecule has 11 heteroatoms. The monoisotopic (exact) mass is 405 g/mol. The van der Waals surface area contributed by atoms with Gasteiger partial charge >= 0.3 is 12.0 Å². The van der Waals surface area contributed by atoms with Gasteiger partial charge in [-0.3, -0.25) is 14.5 Å². The van der Waals surface area contributed by atoms with Crippen molar-refractivity contribution in [3.05, 3.63) is 41.1 Å². The van der Waals surface area contributed by atoms with Gasteiger partial charge in [-0.1, -0.05) is 12.1 Å². The second-order valence-corrected chi connectivity index (χ2v) is 7.52. The van der Waals surface area contributed by atoms with Crippen molar-refractivity contribution in [2.24, 2.45) is 11.5 Å².